The van der Waals surface area contributed by atoms with Gasteiger partial charge in [-0.15, -0.1) is 0 Å². The van der Waals surface area contributed by atoms with Gasteiger partial charge in [0.2, 0.25) is 0 Å². The van der Waals surface area contributed by atoms with Gasteiger partial charge >= 0.3 is 0 Å². The van der Waals surface area contributed by atoms with Crippen molar-refractivity contribution in [3.8, 4) is 0 Å². The molecule has 4 rings (SSSR count). The van der Waals surface area contributed by atoms with E-state index in [1.807, 2.05) is 30.3 Å². The Labute approximate surface area is 123 Å². The molecule has 0 saturated carbocycles. The third-order valence-electron chi connectivity index (χ3n) is 4.97. The first kappa shape index (κ1) is 13.2. The number of aliphatic hydroxyl groups is 1. The lowest BCUT2D eigenvalue weighted by molar-refractivity contribution is -0.142. The van der Waals surface area contributed by atoms with Crippen LogP contribution in [0.4, 0.5) is 0 Å². The first-order valence-electron chi connectivity index (χ1n) is 7.66. The van der Waals surface area contributed by atoms with Crippen LogP contribution >= 0.6 is 0 Å². The van der Waals surface area contributed by atoms with Crippen molar-refractivity contribution in [1.82, 2.24) is 10.2 Å². The third kappa shape index (κ3) is 1.92. The highest BCUT2D eigenvalue weighted by atomic mass is 16.6. The number of carbonyl (C=O) groups is 1. The maximum Gasteiger partial charge on any atom is 0.257 e. The lowest BCUT2D eigenvalue weighted by Gasteiger charge is -2.32. The number of carbonyl (C=O) groups excluding carboxylic acids is 1. The SMILES string of the molecule is O=C1N2C(c3ccccc3)CC(O)C2OC12CCNCC2. The van der Waals surface area contributed by atoms with E-state index in [0.29, 0.717) is 19.3 Å². The molecule has 112 valence electrons. The number of nitrogens with zero attached hydrogens (tertiary/aromatic N) is 1. The van der Waals surface area contributed by atoms with Gasteiger partial charge in [0.05, 0.1) is 6.04 Å². The van der Waals surface area contributed by atoms with Gasteiger partial charge in [-0.3, -0.25) is 4.79 Å². The Balaban J connectivity index is 1.67. The van der Waals surface area contributed by atoms with Crippen molar-refractivity contribution in [2.24, 2.45) is 0 Å². The Morgan fingerprint density at radius 2 is 1.95 bits per heavy atom. The Kier molecular flexibility index (Phi) is 3.03. The van der Waals surface area contributed by atoms with E-state index in [9.17, 15) is 9.90 Å². The van der Waals surface area contributed by atoms with Gasteiger partial charge in [-0.2, -0.15) is 0 Å². The topological polar surface area (TPSA) is 61.8 Å². The highest BCUT2D eigenvalue weighted by Gasteiger charge is 2.60. The molecule has 1 spiro atoms. The summed E-state index contributed by atoms with van der Waals surface area (Å²) in [4.78, 5) is 14.7. The van der Waals surface area contributed by atoms with E-state index in [-0.39, 0.29) is 11.9 Å². The normalized spacial score (nSPS) is 34.4. The Hall–Kier alpha value is -1.43. The summed E-state index contributed by atoms with van der Waals surface area (Å²) in [5.74, 6) is 0.0550. The van der Waals surface area contributed by atoms with Gasteiger partial charge < -0.3 is 20.1 Å². The van der Waals surface area contributed by atoms with E-state index in [1.165, 1.54) is 0 Å². The molecule has 3 aliphatic heterocycles. The average Bonchev–Trinajstić information content (AvgIpc) is 2.98. The molecule has 3 unspecified atom stereocenters. The van der Waals surface area contributed by atoms with Gasteiger partial charge in [0, 0.05) is 6.42 Å². The molecule has 5 heteroatoms. The zero-order valence-corrected chi connectivity index (χ0v) is 11.9. The van der Waals surface area contributed by atoms with Crippen LogP contribution in [0.1, 0.15) is 30.9 Å². The fourth-order valence-corrected chi connectivity index (χ4v) is 3.86. The minimum absolute atomic E-state index is 0.0550. The minimum Gasteiger partial charge on any atom is -0.388 e. The summed E-state index contributed by atoms with van der Waals surface area (Å²) in [5, 5.41) is 13.6. The van der Waals surface area contributed by atoms with Gasteiger partial charge in [0.25, 0.3) is 5.91 Å². The molecule has 1 aromatic rings. The summed E-state index contributed by atoms with van der Waals surface area (Å²) in [6.07, 6.45) is 0.837. The first-order valence-corrected chi connectivity index (χ1v) is 7.66. The van der Waals surface area contributed by atoms with Gasteiger partial charge in [-0.05, 0) is 31.5 Å². The van der Waals surface area contributed by atoms with E-state index in [2.05, 4.69) is 5.32 Å². The smallest absolute Gasteiger partial charge is 0.257 e. The molecule has 0 aliphatic carbocycles. The number of hydrogen-bond acceptors (Lipinski definition) is 4. The molecule has 3 atom stereocenters. The fourth-order valence-electron chi connectivity index (χ4n) is 3.86. The molecule has 2 N–H and O–H groups in total. The number of aliphatic hydroxyl groups excluding tert-OH is 1. The molecule has 0 aromatic heterocycles. The number of hydrogen-bond donors (Lipinski definition) is 2. The first-order chi connectivity index (χ1) is 10.2. The monoisotopic (exact) mass is 288 g/mol. The lowest BCUT2D eigenvalue weighted by atomic mass is 9.90. The number of fused-ring (bicyclic) bond motifs is 1. The molecule has 0 radical (unpaired) electrons. The summed E-state index contributed by atoms with van der Waals surface area (Å²) in [6.45, 7) is 1.58. The fraction of sp³-hybridized carbons (Fsp3) is 0.562. The summed E-state index contributed by atoms with van der Waals surface area (Å²) < 4.78 is 6.08. The summed E-state index contributed by atoms with van der Waals surface area (Å²) in [5.41, 5.74) is 0.353. The quantitative estimate of drug-likeness (QED) is 0.802. The summed E-state index contributed by atoms with van der Waals surface area (Å²) in [7, 11) is 0. The number of nitrogens with one attached hydrogen (secondary N) is 1. The van der Waals surface area contributed by atoms with Crippen LogP contribution in [-0.2, 0) is 9.53 Å². The van der Waals surface area contributed by atoms with Crippen molar-refractivity contribution in [3.05, 3.63) is 35.9 Å². The molecule has 3 aliphatic rings. The Bertz CT molecular complexity index is 542. The van der Waals surface area contributed by atoms with Crippen molar-refractivity contribution in [3.63, 3.8) is 0 Å². The molecule has 21 heavy (non-hydrogen) atoms. The van der Waals surface area contributed by atoms with Crippen LogP contribution in [0.3, 0.4) is 0 Å². The minimum atomic E-state index is -0.718. The standard InChI is InChI=1S/C16H20N2O3/c19-13-10-12(11-4-2-1-3-5-11)18-14(13)21-16(15(18)20)6-8-17-9-7-16/h1-5,12-14,17,19H,6-10H2. The van der Waals surface area contributed by atoms with Crippen molar-refractivity contribution in [2.75, 3.05) is 13.1 Å². The van der Waals surface area contributed by atoms with Crippen LogP contribution in [0.2, 0.25) is 0 Å². The molecule has 3 fully saturated rings. The van der Waals surface area contributed by atoms with Crippen LogP contribution in [0.25, 0.3) is 0 Å². The number of ether oxygens (including phenoxy) is 1. The van der Waals surface area contributed by atoms with E-state index in [0.717, 1.165) is 18.7 Å². The summed E-state index contributed by atoms with van der Waals surface area (Å²) in [6, 6.07) is 9.85. The summed E-state index contributed by atoms with van der Waals surface area (Å²) >= 11 is 0. The van der Waals surface area contributed by atoms with Crippen LogP contribution < -0.4 is 5.32 Å². The second kappa shape index (κ2) is 4.80. The number of benzene rings is 1. The van der Waals surface area contributed by atoms with Crippen molar-refractivity contribution >= 4 is 5.91 Å². The second-order valence-electron chi connectivity index (χ2n) is 6.19. The number of amides is 1. The van der Waals surface area contributed by atoms with Gasteiger partial charge in [0.1, 0.15) is 6.10 Å². The van der Waals surface area contributed by atoms with Crippen LogP contribution in [0, 0.1) is 0 Å². The zero-order valence-electron chi connectivity index (χ0n) is 11.9. The highest BCUT2D eigenvalue weighted by Crippen LogP contribution is 2.47. The molecule has 3 saturated heterocycles. The van der Waals surface area contributed by atoms with Crippen molar-refractivity contribution in [1.29, 1.82) is 0 Å². The van der Waals surface area contributed by atoms with Gasteiger partial charge in [0.15, 0.2) is 11.8 Å². The van der Waals surface area contributed by atoms with E-state index in [1.54, 1.807) is 4.90 Å². The Morgan fingerprint density at radius 1 is 1.24 bits per heavy atom. The van der Waals surface area contributed by atoms with Crippen molar-refractivity contribution < 1.29 is 14.6 Å². The molecule has 0 bridgehead atoms. The molecular formula is C16H20N2O3. The van der Waals surface area contributed by atoms with Gasteiger partial charge in [-0.1, -0.05) is 30.3 Å². The maximum atomic E-state index is 13.0. The van der Waals surface area contributed by atoms with Crippen LogP contribution in [0.15, 0.2) is 30.3 Å². The third-order valence-corrected chi connectivity index (χ3v) is 4.97. The highest BCUT2D eigenvalue weighted by molar-refractivity contribution is 5.88. The number of rotatable bonds is 1. The van der Waals surface area contributed by atoms with Gasteiger partial charge in [-0.25, -0.2) is 0 Å². The Morgan fingerprint density at radius 3 is 2.67 bits per heavy atom. The van der Waals surface area contributed by atoms with E-state index in [4.69, 9.17) is 4.74 Å². The second-order valence-corrected chi connectivity index (χ2v) is 6.19. The molecule has 3 heterocycles. The van der Waals surface area contributed by atoms with E-state index < -0.39 is 17.9 Å². The maximum absolute atomic E-state index is 13.0. The largest absolute Gasteiger partial charge is 0.388 e. The average molecular weight is 288 g/mol. The number of piperidine rings is 1. The predicted molar refractivity (Wildman–Crippen MR) is 76.4 cm³/mol. The van der Waals surface area contributed by atoms with Crippen LogP contribution in [0.5, 0.6) is 0 Å². The van der Waals surface area contributed by atoms with Crippen molar-refractivity contribution in [2.45, 2.75) is 43.2 Å². The molecular weight excluding hydrogens is 268 g/mol. The molecule has 1 amide bonds. The van der Waals surface area contributed by atoms with Crippen LogP contribution in [-0.4, -0.2) is 46.9 Å². The molecule has 5 nitrogen and oxygen atoms in total. The van der Waals surface area contributed by atoms with E-state index >= 15 is 0 Å². The predicted octanol–water partition coefficient (Wildman–Crippen LogP) is 0.799. The zero-order chi connectivity index (χ0) is 14.4. The lowest BCUT2D eigenvalue weighted by Crippen LogP contribution is -2.49. The molecule has 1 aromatic carbocycles.